The van der Waals surface area contributed by atoms with Crippen LogP contribution in [0.2, 0.25) is 0 Å². The fourth-order valence-corrected chi connectivity index (χ4v) is 2.46. The largest absolute Gasteiger partial charge is 0.444 e. The number of piperidine rings is 1. The van der Waals surface area contributed by atoms with Gasteiger partial charge in [0.1, 0.15) is 17.2 Å². The van der Waals surface area contributed by atoms with Gasteiger partial charge in [-0.1, -0.05) is 0 Å². The molecule has 7 nitrogen and oxygen atoms in total. The van der Waals surface area contributed by atoms with Crippen LogP contribution in [0.15, 0.2) is 0 Å². The van der Waals surface area contributed by atoms with Crippen molar-refractivity contribution in [2.75, 3.05) is 18.8 Å². The molecule has 7 heteroatoms. The lowest BCUT2D eigenvalue weighted by Gasteiger charge is -2.33. The number of H-pyrrole nitrogens is 1. The summed E-state index contributed by atoms with van der Waals surface area (Å²) in [5.74, 6) is 0.408. The van der Waals surface area contributed by atoms with E-state index in [1.54, 1.807) is 4.90 Å². The van der Waals surface area contributed by atoms with Gasteiger partial charge in [0.25, 0.3) is 0 Å². The molecule has 0 radical (unpaired) electrons. The van der Waals surface area contributed by atoms with Gasteiger partial charge in [-0.2, -0.15) is 10.4 Å². The first-order valence-corrected chi connectivity index (χ1v) is 7.03. The molecule has 2 rings (SSSR count). The fraction of sp³-hybridized carbons (Fsp3) is 0.643. The second kappa shape index (κ2) is 5.64. The number of carbonyl (C=O) groups is 1. The number of rotatable bonds is 1. The molecule has 21 heavy (non-hydrogen) atoms. The van der Waals surface area contributed by atoms with Crippen LogP contribution in [0.3, 0.4) is 0 Å². The molecular weight excluding hydrogens is 270 g/mol. The van der Waals surface area contributed by atoms with Crippen molar-refractivity contribution >= 4 is 11.9 Å². The number of nitriles is 1. The Balaban J connectivity index is 1.98. The van der Waals surface area contributed by atoms with E-state index >= 15 is 0 Å². The highest BCUT2D eigenvalue weighted by Gasteiger charge is 2.29. The highest BCUT2D eigenvalue weighted by molar-refractivity contribution is 5.68. The maximum absolute atomic E-state index is 12.0. The molecule has 1 aliphatic rings. The number of nitrogen functional groups attached to an aromatic ring is 1. The van der Waals surface area contributed by atoms with Gasteiger partial charge in [-0.05, 0) is 33.6 Å². The Morgan fingerprint density at radius 1 is 1.48 bits per heavy atom. The standard InChI is InChI=1S/C14H21N5O2/c1-14(2,3)21-13(20)19-6-4-9(5-7-19)11-10(8-15)12(16)18-17-11/h9H,4-7H2,1-3H3,(H3,16,17,18). The smallest absolute Gasteiger partial charge is 0.410 e. The molecule has 3 N–H and O–H groups in total. The topological polar surface area (TPSA) is 108 Å². The van der Waals surface area contributed by atoms with Crippen LogP contribution in [0.5, 0.6) is 0 Å². The van der Waals surface area contributed by atoms with Crippen molar-refractivity contribution in [1.29, 1.82) is 5.26 Å². The Morgan fingerprint density at radius 3 is 2.62 bits per heavy atom. The number of anilines is 1. The Kier molecular flexibility index (Phi) is 4.07. The number of nitrogens with one attached hydrogen (secondary N) is 1. The maximum atomic E-state index is 12.0. The van der Waals surface area contributed by atoms with E-state index in [-0.39, 0.29) is 17.8 Å². The molecule has 0 spiro atoms. The zero-order chi connectivity index (χ0) is 15.6. The van der Waals surface area contributed by atoms with Crippen LogP contribution in [0, 0.1) is 11.3 Å². The normalized spacial score (nSPS) is 16.6. The third kappa shape index (κ3) is 3.45. The number of hydrogen-bond donors (Lipinski definition) is 2. The van der Waals surface area contributed by atoms with E-state index in [4.69, 9.17) is 15.7 Å². The predicted octanol–water partition coefficient (Wildman–Crippen LogP) is 1.98. The van der Waals surface area contributed by atoms with Crippen molar-refractivity contribution in [3.63, 3.8) is 0 Å². The second-order valence-electron chi connectivity index (χ2n) is 6.25. The molecule has 114 valence electrons. The Hall–Kier alpha value is -2.23. The summed E-state index contributed by atoms with van der Waals surface area (Å²) in [6.07, 6.45) is 1.23. The molecule has 1 aromatic rings. The molecule has 1 aliphatic heterocycles. The number of aromatic nitrogens is 2. The van der Waals surface area contributed by atoms with E-state index < -0.39 is 5.60 Å². The summed E-state index contributed by atoms with van der Waals surface area (Å²) < 4.78 is 5.36. The number of amides is 1. The van der Waals surface area contributed by atoms with Crippen molar-refractivity contribution in [1.82, 2.24) is 15.1 Å². The zero-order valence-corrected chi connectivity index (χ0v) is 12.6. The lowest BCUT2D eigenvalue weighted by molar-refractivity contribution is 0.0204. The van der Waals surface area contributed by atoms with Gasteiger partial charge in [0.15, 0.2) is 5.82 Å². The van der Waals surface area contributed by atoms with Crippen LogP contribution in [-0.2, 0) is 4.74 Å². The fourth-order valence-electron chi connectivity index (χ4n) is 2.46. The molecule has 1 saturated heterocycles. The predicted molar refractivity (Wildman–Crippen MR) is 77.5 cm³/mol. The van der Waals surface area contributed by atoms with Crippen LogP contribution >= 0.6 is 0 Å². The highest BCUT2D eigenvalue weighted by Crippen LogP contribution is 2.31. The average molecular weight is 291 g/mol. The minimum atomic E-state index is -0.486. The molecule has 1 aromatic heterocycles. The first kappa shape index (κ1) is 15.2. The Labute approximate surface area is 124 Å². The van der Waals surface area contributed by atoms with Crippen molar-refractivity contribution in [3.8, 4) is 6.07 Å². The van der Waals surface area contributed by atoms with Gasteiger partial charge in [0.2, 0.25) is 0 Å². The van der Waals surface area contributed by atoms with Crippen molar-refractivity contribution in [2.24, 2.45) is 0 Å². The first-order chi connectivity index (χ1) is 9.81. The van der Waals surface area contributed by atoms with E-state index in [1.807, 2.05) is 20.8 Å². The highest BCUT2D eigenvalue weighted by atomic mass is 16.6. The number of likely N-dealkylation sites (tertiary alicyclic amines) is 1. The summed E-state index contributed by atoms with van der Waals surface area (Å²) in [4.78, 5) is 13.7. The van der Waals surface area contributed by atoms with E-state index in [1.165, 1.54) is 0 Å². The van der Waals surface area contributed by atoms with Crippen LogP contribution in [0.25, 0.3) is 0 Å². The second-order valence-corrected chi connectivity index (χ2v) is 6.25. The van der Waals surface area contributed by atoms with E-state index in [2.05, 4.69) is 16.3 Å². The van der Waals surface area contributed by atoms with Crippen LogP contribution in [0.4, 0.5) is 10.6 Å². The number of nitrogens with two attached hydrogens (primary N) is 1. The summed E-state index contributed by atoms with van der Waals surface area (Å²) in [6.45, 7) is 6.76. The third-order valence-corrected chi connectivity index (χ3v) is 3.49. The zero-order valence-electron chi connectivity index (χ0n) is 12.6. The van der Waals surface area contributed by atoms with Gasteiger partial charge in [-0.25, -0.2) is 4.79 Å². The van der Waals surface area contributed by atoms with Gasteiger partial charge in [-0.15, -0.1) is 0 Å². The number of ether oxygens (including phenoxy) is 1. The van der Waals surface area contributed by atoms with Gasteiger partial charge in [0, 0.05) is 19.0 Å². The van der Waals surface area contributed by atoms with Crippen LogP contribution in [0.1, 0.15) is 50.8 Å². The van der Waals surface area contributed by atoms with Gasteiger partial charge in [-0.3, -0.25) is 5.10 Å². The molecule has 1 fully saturated rings. The molecule has 0 unspecified atom stereocenters. The van der Waals surface area contributed by atoms with Crippen molar-refractivity contribution in [2.45, 2.75) is 45.1 Å². The summed E-state index contributed by atoms with van der Waals surface area (Å²) >= 11 is 0. The van der Waals surface area contributed by atoms with Gasteiger partial charge >= 0.3 is 6.09 Å². The van der Waals surface area contributed by atoms with Crippen molar-refractivity contribution in [3.05, 3.63) is 11.3 Å². The minimum absolute atomic E-state index is 0.170. The molecular formula is C14H21N5O2. The molecule has 0 aromatic carbocycles. The number of nitrogens with zero attached hydrogens (tertiary/aromatic N) is 3. The number of hydrogen-bond acceptors (Lipinski definition) is 5. The Bertz CT molecular complexity index is 559. The van der Waals surface area contributed by atoms with Crippen molar-refractivity contribution < 1.29 is 9.53 Å². The van der Waals surface area contributed by atoms with Crippen LogP contribution < -0.4 is 5.73 Å². The van der Waals surface area contributed by atoms with E-state index in [0.29, 0.717) is 18.7 Å². The maximum Gasteiger partial charge on any atom is 0.410 e. The summed E-state index contributed by atoms with van der Waals surface area (Å²) in [5, 5.41) is 15.8. The molecule has 0 aliphatic carbocycles. The van der Waals surface area contributed by atoms with Crippen LogP contribution in [-0.4, -0.2) is 39.9 Å². The van der Waals surface area contributed by atoms with Gasteiger partial charge < -0.3 is 15.4 Å². The quantitative estimate of drug-likeness (QED) is 0.822. The summed E-state index contributed by atoms with van der Waals surface area (Å²) in [5.41, 5.74) is 6.37. The monoisotopic (exact) mass is 291 g/mol. The third-order valence-electron chi connectivity index (χ3n) is 3.49. The SMILES string of the molecule is CC(C)(C)OC(=O)N1CCC(c2[nH]nc(N)c2C#N)CC1. The van der Waals surface area contributed by atoms with E-state index in [9.17, 15) is 4.79 Å². The first-order valence-electron chi connectivity index (χ1n) is 7.03. The molecule has 0 bridgehead atoms. The summed E-state index contributed by atoms with van der Waals surface area (Å²) in [7, 11) is 0. The number of aromatic amines is 1. The average Bonchev–Trinajstić information content (AvgIpc) is 2.78. The number of carbonyl (C=O) groups excluding carboxylic acids is 1. The molecule has 1 amide bonds. The molecule has 0 atom stereocenters. The Morgan fingerprint density at radius 2 is 2.10 bits per heavy atom. The lowest BCUT2D eigenvalue weighted by Crippen LogP contribution is -2.41. The minimum Gasteiger partial charge on any atom is -0.444 e. The lowest BCUT2D eigenvalue weighted by atomic mass is 9.91. The summed E-state index contributed by atoms with van der Waals surface area (Å²) in [6, 6.07) is 2.08. The van der Waals surface area contributed by atoms with Gasteiger partial charge in [0.05, 0.1) is 5.69 Å². The molecule has 2 heterocycles. The van der Waals surface area contributed by atoms with E-state index in [0.717, 1.165) is 18.5 Å². The molecule has 0 saturated carbocycles.